The number of pyridine rings is 1. The number of aromatic nitrogens is 3. The Bertz CT molecular complexity index is 842. The fourth-order valence-electron chi connectivity index (χ4n) is 3.40. The van der Waals surface area contributed by atoms with Crippen LogP contribution in [0.25, 0.3) is 22.6 Å². The first-order valence-corrected chi connectivity index (χ1v) is 7.95. The number of hydrogen-bond donors (Lipinski definition) is 0. The molecule has 5 nitrogen and oxygen atoms in total. The molecule has 0 radical (unpaired) electrons. The maximum absolute atomic E-state index is 5.37. The van der Waals surface area contributed by atoms with Gasteiger partial charge < -0.3 is 4.74 Å². The van der Waals surface area contributed by atoms with Crippen LogP contribution in [-0.2, 0) is 0 Å². The number of benzene rings is 1. The number of rotatable bonds is 3. The van der Waals surface area contributed by atoms with Gasteiger partial charge in [0.05, 0.1) is 13.3 Å². The highest BCUT2D eigenvalue weighted by Crippen LogP contribution is 2.34. The average molecular weight is 308 g/mol. The second-order valence-electron chi connectivity index (χ2n) is 5.99. The van der Waals surface area contributed by atoms with E-state index in [2.05, 4.69) is 27.6 Å². The molecule has 0 saturated carbocycles. The van der Waals surface area contributed by atoms with Crippen LogP contribution in [0, 0.1) is 0 Å². The van der Waals surface area contributed by atoms with Gasteiger partial charge in [0, 0.05) is 11.8 Å². The zero-order chi connectivity index (χ0) is 15.8. The van der Waals surface area contributed by atoms with Gasteiger partial charge in [-0.15, -0.1) is 0 Å². The Hall–Kier alpha value is -2.40. The largest absolute Gasteiger partial charge is 0.497 e. The average Bonchev–Trinajstić information content (AvgIpc) is 3.17. The summed E-state index contributed by atoms with van der Waals surface area (Å²) in [6, 6.07) is 12.0. The molecule has 1 aromatic carbocycles. The fraction of sp³-hybridized carbons (Fsp3) is 0.333. The third kappa shape index (κ3) is 2.37. The molecule has 0 aliphatic carbocycles. The SMILES string of the molecule is COc1cccc(-c2nc3cccnc3n2C2CCCN2C)c1. The lowest BCUT2D eigenvalue weighted by atomic mass is 10.2. The summed E-state index contributed by atoms with van der Waals surface area (Å²) < 4.78 is 7.65. The molecule has 23 heavy (non-hydrogen) atoms. The molecular weight excluding hydrogens is 288 g/mol. The van der Waals surface area contributed by atoms with Crippen molar-refractivity contribution < 1.29 is 4.74 Å². The van der Waals surface area contributed by atoms with E-state index in [1.807, 2.05) is 36.5 Å². The molecule has 3 aromatic rings. The first-order valence-electron chi connectivity index (χ1n) is 7.95. The Balaban J connectivity index is 1.94. The molecule has 3 heterocycles. The van der Waals surface area contributed by atoms with Crippen LogP contribution in [0.4, 0.5) is 0 Å². The second-order valence-corrected chi connectivity index (χ2v) is 5.99. The van der Waals surface area contributed by atoms with Gasteiger partial charge in [-0.05, 0) is 50.7 Å². The van der Waals surface area contributed by atoms with Crippen molar-refractivity contribution in [3.8, 4) is 17.1 Å². The molecule has 5 heteroatoms. The van der Waals surface area contributed by atoms with E-state index in [1.54, 1.807) is 7.11 Å². The molecule has 1 fully saturated rings. The summed E-state index contributed by atoms with van der Waals surface area (Å²) in [5.41, 5.74) is 2.94. The Morgan fingerprint density at radius 1 is 1.22 bits per heavy atom. The summed E-state index contributed by atoms with van der Waals surface area (Å²) >= 11 is 0. The van der Waals surface area contributed by atoms with Crippen molar-refractivity contribution in [2.75, 3.05) is 20.7 Å². The third-order valence-corrected chi connectivity index (χ3v) is 4.56. The molecule has 118 valence electrons. The highest BCUT2D eigenvalue weighted by atomic mass is 16.5. The molecule has 1 saturated heterocycles. The van der Waals surface area contributed by atoms with Gasteiger partial charge in [-0.25, -0.2) is 9.97 Å². The topological polar surface area (TPSA) is 43.2 Å². The Morgan fingerprint density at radius 2 is 2.13 bits per heavy atom. The molecule has 0 bridgehead atoms. The van der Waals surface area contributed by atoms with E-state index in [1.165, 1.54) is 6.42 Å². The van der Waals surface area contributed by atoms with E-state index in [0.717, 1.165) is 41.3 Å². The monoisotopic (exact) mass is 308 g/mol. The number of imidazole rings is 1. The number of likely N-dealkylation sites (tertiary alicyclic amines) is 1. The molecule has 4 rings (SSSR count). The minimum absolute atomic E-state index is 0.302. The van der Waals surface area contributed by atoms with E-state index in [4.69, 9.17) is 9.72 Å². The number of ether oxygens (including phenoxy) is 1. The normalized spacial score (nSPS) is 18.6. The summed E-state index contributed by atoms with van der Waals surface area (Å²) in [7, 11) is 3.86. The highest BCUT2D eigenvalue weighted by Gasteiger charge is 2.27. The summed E-state index contributed by atoms with van der Waals surface area (Å²) in [4.78, 5) is 11.8. The minimum Gasteiger partial charge on any atom is -0.497 e. The van der Waals surface area contributed by atoms with Gasteiger partial charge >= 0.3 is 0 Å². The predicted molar refractivity (Wildman–Crippen MR) is 90.4 cm³/mol. The van der Waals surface area contributed by atoms with Crippen molar-refractivity contribution >= 4 is 11.2 Å². The van der Waals surface area contributed by atoms with E-state index in [0.29, 0.717) is 6.17 Å². The van der Waals surface area contributed by atoms with E-state index >= 15 is 0 Å². The van der Waals surface area contributed by atoms with Crippen LogP contribution >= 0.6 is 0 Å². The Kier molecular flexibility index (Phi) is 3.50. The molecule has 1 unspecified atom stereocenters. The van der Waals surface area contributed by atoms with Gasteiger partial charge in [0.25, 0.3) is 0 Å². The van der Waals surface area contributed by atoms with Crippen LogP contribution in [0.3, 0.4) is 0 Å². The van der Waals surface area contributed by atoms with E-state index in [-0.39, 0.29) is 0 Å². The van der Waals surface area contributed by atoms with Gasteiger partial charge in [-0.1, -0.05) is 12.1 Å². The van der Waals surface area contributed by atoms with Crippen molar-refractivity contribution in [2.24, 2.45) is 0 Å². The molecular formula is C18H20N4O. The van der Waals surface area contributed by atoms with Crippen LogP contribution in [0.15, 0.2) is 42.6 Å². The molecule has 1 aliphatic rings. The molecule has 0 N–H and O–H groups in total. The first-order chi connectivity index (χ1) is 11.3. The zero-order valence-electron chi connectivity index (χ0n) is 13.4. The zero-order valence-corrected chi connectivity index (χ0v) is 13.4. The van der Waals surface area contributed by atoms with Gasteiger partial charge in [0.15, 0.2) is 5.65 Å². The molecule has 2 aromatic heterocycles. The maximum Gasteiger partial charge on any atom is 0.161 e. The molecule has 0 amide bonds. The summed E-state index contributed by atoms with van der Waals surface area (Å²) in [6.45, 7) is 1.11. The van der Waals surface area contributed by atoms with Crippen molar-refractivity contribution in [2.45, 2.75) is 19.0 Å². The van der Waals surface area contributed by atoms with Gasteiger partial charge in [-0.3, -0.25) is 9.47 Å². The van der Waals surface area contributed by atoms with Crippen LogP contribution < -0.4 is 4.74 Å². The standard InChI is InChI=1S/C18H20N4O/c1-21-11-5-9-16(21)22-17(13-6-3-7-14(12-13)23-2)20-15-8-4-10-19-18(15)22/h3-4,6-8,10,12,16H,5,9,11H2,1-2H3. The van der Waals surface area contributed by atoms with Crippen LogP contribution in [0.1, 0.15) is 19.0 Å². The summed E-state index contributed by atoms with van der Waals surface area (Å²) in [5.74, 6) is 1.80. The number of methoxy groups -OCH3 is 1. The van der Waals surface area contributed by atoms with Crippen molar-refractivity contribution in [3.63, 3.8) is 0 Å². The first kappa shape index (κ1) is 14.2. The van der Waals surface area contributed by atoms with Crippen molar-refractivity contribution in [1.82, 2.24) is 19.4 Å². The maximum atomic E-state index is 5.37. The van der Waals surface area contributed by atoms with Crippen LogP contribution in [0.2, 0.25) is 0 Å². The van der Waals surface area contributed by atoms with E-state index in [9.17, 15) is 0 Å². The lowest BCUT2D eigenvalue weighted by molar-refractivity contribution is 0.244. The quantitative estimate of drug-likeness (QED) is 0.744. The third-order valence-electron chi connectivity index (χ3n) is 4.56. The Morgan fingerprint density at radius 3 is 2.91 bits per heavy atom. The van der Waals surface area contributed by atoms with Crippen molar-refractivity contribution in [1.29, 1.82) is 0 Å². The van der Waals surface area contributed by atoms with Gasteiger partial charge in [-0.2, -0.15) is 0 Å². The molecule has 1 aliphatic heterocycles. The lowest BCUT2D eigenvalue weighted by Gasteiger charge is -2.23. The number of nitrogens with zero attached hydrogens (tertiary/aromatic N) is 4. The smallest absolute Gasteiger partial charge is 0.161 e. The lowest BCUT2D eigenvalue weighted by Crippen LogP contribution is -2.24. The highest BCUT2D eigenvalue weighted by molar-refractivity contribution is 5.77. The predicted octanol–water partition coefficient (Wildman–Crippen LogP) is 3.33. The second kappa shape index (κ2) is 5.66. The Labute approximate surface area is 135 Å². The number of fused-ring (bicyclic) bond motifs is 1. The van der Waals surface area contributed by atoms with Crippen molar-refractivity contribution in [3.05, 3.63) is 42.6 Å². The van der Waals surface area contributed by atoms with Crippen LogP contribution in [0.5, 0.6) is 5.75 Å². The number of hydrogen-bond acceptors (Lipinski definition) is 4. The van der Waals surface area contributed by atoms with Gasteiger partial charge in [0.1, 0.15) is 17.1 Å². The van der Waals surface area contributed by atoms with Crippen LogP contribution in [-0.4, -0.2) is 40.1 Å². The van der Waals surface area contributed by atoms with E-state index < -0.39 is 0 Å². The minimum atomic E-state index is 0.302. The fourth-order valence-corrected chi connectivity index (χ4v) is 3.40. The summed E-state index contributed by atoms with van der Waals surface area (Å²) in [6.07, 6.45) is 4.46. The molecule has 1 atom stereocenters. The molecule has 0 spiro atoms. The van der Waals surface area contributed by atoms with Gasteiger partial charge in [0.2, 0.25) is 0 Å². The summed E-state index contributed by atoms with van der Waals surface area (Å²) in [5, 5.41) is 0.